The molecule has 0 heterocycles. The van der Waals surface area contributed by atoms with E-state index < -0.39 is 0 Å². The predicted octanol–water partition coefficient (Wildman–Crippen LogP) is 4.16. The molecule has 1 heteroatoms. The van der Waals surface area contributed by atoms with Gasteiger partial charge in [-0.1, -0.05) is 31.2 Å². The highest BCUT2D eigenvalue weighted by molar-refractivity contribution is 6.23. The van der Waals surface area contributed by atoms with Gasteiger partial charge >= 0.3 is 0 Å². The summed E-state index contributed by atoms with van der Waals surface area (Å²) in [6.45, 7) is 8.30. The lowest BCUT2D eigenvalue weighted by Gasteiger charge is -2.18. The summed E-state index contributed by atoms with van der Waals surface area (Å²) in [7, 11) is 0. The van der Waals surface area contributed by atoms with Gasteiger partial charge in [0.05, 0.1) is 0 Å². The fraction of sp³-hybridized carbons (Fsp3) is 0.636. The average Bonchev–Trinajstić information content (AvgIpc) is 1.84. The largest absolute Gasteiger partial charge is 0.120 e. The van der Waals surface area contributed by atoms with Crippen LogP contribution < -0.4 is 0 Å². The van der Waals surface area contributed by atoms with Gasteiger partial charge in [0, 0.05) is 4.87 Å². The fourth-order valence-corrected chi connectivity index (χ4v) is 1.44. The maximum Gasteiger partial charge on any atom is 0.0396 e. The Morgan fingerprint density at radius 1 is 1.33 bits per heavy atom. The van der Waals surface area contributed by atoms with Gasteiger partial charge in [-0.2, -0.15) is 0 Å². The van der Waals surface area contributed by atoms with E-state index in [9.17, 15) is 0 Å². The lowest BCUT2D eigenvalue weighted by molar-refractivity contribution is 0.534. The molecule has 0 nitrogen and oxygen atoms in total. The average molecular weight is 187 g/mol. The standard InChI is InChI=1S/C11H19Cl/c1-5-6-7-8-10(2)9-11(3,4)12/h5-8,10H,9H2,1-4H3/b6-5+,8-7+/t10-/m0/s1. The van der Waals surface area contributed by atoms with Crippen molar-refractivity contribution in [1.29, 1.82) is 0 Å². The first-order chi connectivity index (χ1) is 5.45. The number of hydrogen-bond donors (Lipinski definition) is 0. The van der Waals surface area contributed by atoms with Crippen molar-refractivity contribution >= 4 is 11.6 Å². The second kappa shape index (κ2) is 5.42. The molecule has 0 rings (SSSR count). The van der Waals surface area contributed by atoms with Crippen molar-refractivity contribution < 1.29 is 0 Å². The van der Waals surface area contributed by atoms with Crippen LogP contribution in [0.4, 0.5) is 0 Å². The van der Waals surface area contributed by atoms with Crippen LogP contribution in [0.25, 0.3) is 0 Å². The first-order valence-corrected chi connectivity index (χ1v) is 4.82. The van der Waals surface area contributed by atoms with Crippen LogP contribution in [0.2, 0.25) is 0 Å². The quantitative estimate of drug-likeness (QED) is 0.457. The summed E-state index contributed by atoms with van der Waals surface area (Å²) in [5.74, 6) is 0.550. The van der Waals surface area contributed by atoms with E-state index in [2.05, 4.69) is 32.9 Å². The highest BCUT2D eigenvalue weighted by Crippen LogP contribution is 2.23. The molecule has 0 aliphatic carbocycles. The minimum absolute atomic E-state index is 0.0836. The maximum absolute atomic E-state index is 6.09. The Balaban J connectivity index is 3.81. The third-order valence-electron chi connectivity index (χ3n) is 1.55. The smallest absolute Gasteiger partial charge is 0.0396 e. The molecule has 0 aromatic carbocycles. The third kappa shape index (κ3) is 7.87. The SMILES string of the molecule is C/C=C/C=C/[C@H](C)CC(C)(C)Cl. The zero-order valence-electron chi connectivity index (χ0n) is 8.47. The fourth-order valence-electron chi connectivity index (χ4n) is 1.20. The predicted molar refractivity (Wildman–Crippen MR) is 57.7 cm³/mol. The molecule has 0 bridgehead atoms. The van der Waals surface area contributed by atoms with E-state index in [-0.39, 0.29) is 4.87 Å². The molecule has 0 spiro atoms. The maximum atomic E-state index is 6.09. The molecule has 0 saturated carbocycles. The molecule has 0 unspecified atom stereocenters. The number of alkyl halides is 1. The van der Waals surface area contributed by atoms with Crippen LogP contribution in [0.15, 0.2) is 24.3 Å². The van der Waals surface area contributed by atoms with E-state index in [1.54, 1.807) is 0 Å². The van der Waals surface area contributed by atoms with Gasteiger partial charge in [0.1, 0.15) is 0 Å². The number of rotatable bonds is 4. The third-order valence-corrected chi connectivity index (χ3v) is 1.70. The van der Waals surface area contributed by atoms with Crippen molar-refractivity contribution in [1.82, 2.24) is 0 Å². The molecule has 0 fully saturated rings. The Labute approximate surface area is 81.3 Å². The summed E-state index contributed by atoms with van der Waals surface area (Å²) in [6.07, 6.45) is 9.34. The highest BCUT2D eigenvalue weighted by Gasteiger charge is 2.15. The summed E-state index contributed by atoms with van der Waals surface area (Å²) < 4.78 is 0. The minimum atomic E-state index is -0.0836. The van der Waals surface area contributed by atoms with Crippen molar-refractivity contribution in [3.63, 3.8) is 0 Å². The Morgan fingerprint density at radius 3 is 2.33 bits per heavy atom. The van der Waals surface area contributed by atoms with Crippen LogP contribution in [-0.4, -0.2) is 4.87 Å². The molecular formula is C11H19Cl. The van der Waals surface area contributed by atoms with Gasteiger partial charge in [-0.15, -0.1) is 11.6 Å². The van der Waals surface area contributed by atoms with Gasteiger partial charge in [-0.05, 0) is 33.1 Å². The molecule has 0 aliphatic rings. The Morgan fingerprint density at radius 2 is 1.92 bits per heavy atom. The van der Waals surface area contributed by atoms with Crippen LogP contribution in [0, 0.1) is 5.92 Å². The molecule has 0 saturated heterocycles. The summed E-state index contributed by atoms with van der Waals surface area (Å²) in [4.78, 5) is -0.0836. The lowest BCUT2D eigenvalue weighted by Crippen LogP contribution is -2.13. The summed E-state index contributed by atoms with van der Waals surface area (Å²) >= 11 is 6.09. The van der Waals surface area contributed by atoms with Gasteiger partial charge < -0.3 is 0 Å². The summed E-state index contributed by atoms with van der Waals surface area (Å²) in [5, 5.41) is 0. The van der Waals surface area contributed by atoms with E-state index in [1.165, 1.54) is 0 Å². The lowest BCUT2D eigenvalue weighted by atomic mass is 9.98. The minimum Gasteiger partial charge on any atom is -0.120 e. The molecule has 0 amide bonds. The first-order valence-electron chi connectivity index (χ1n) is 4.44. The van der Waals surface area contributed by atoms with Crippen molar-refractivity contribution in [2.45, 2.75) is 39.0 Å². The molecule has 0 aromatic rings. The van der Waals surface area contributed by atoms with E-state index in [0.29, 0.717) is 5.92 Å². The molecule has 12 heavy (non-hydrogen) atoms. The van der Waals surface area contributed by atoms with Gasteiger partial charge in [-0.3, -0.25) is 0 Å². The van der Waals surface area contributed by atoms with E-state index in [0.717, 1.165) is 6.42 Å². The topological polar surface area (TPSA) is 0 Å². The Hall–Kier alpha value is -0.230. The molecule has 0 aliphatic heterocycles. The number of halogens is 1. The second-order valence-corrected chi connectivity index (χ2v) is 4.83. The molecule has 1 atom stereocenters. The van der Waals surface area contributed by atoms with Gasteiger partial charge in [0.2, 0.25) is 0 Å². The van der Waals surface area contributed by atoms with E-state index in [1.807, 2.05) is 19.1 Å². The van der Waals surface area contributed by atoms with Gasteiger partial charge in [0.25, 0.3) is 0 Å². The van der Waals surface area contributed by atoms with Crippen LogP contribution in [0.1, 0.15) is 34.1 Å². The molecule has 0 radical (unpaired) electrons. The Bertz CT molecular complexity index is 160. The van der Waals surface area contributed by atoms with Crippen LogP contribution in [-0.2, 0) is 0 Å². The van der Waals surface area contributed by atoms with Crippen molar-refractivity contribution in [2.24, 2.45) is 5.92 Å². The van der Waals surface area contributed by atoms with E-state index in [4.69, 9.17) is 11.6 Å². The summed E-state index contributed by atoms with van der Waals surface area (Å²) in [5.41, 5.74) is 0. The zero-order valence-corrected chi connectivity index (χ0v) is 9.23. The number of hydrogen-bond acceptors (Lipinski definition) is 0. The molecule has 0 aromatic heterocycles. The van der Waals surface area contributed by atoms with Gasteiger partial charge in [0.15, 0.2) is 0 Å². The molecule has 0 N–H and O–H groups in total. The second-order valence-electron chi connectivity index (χ2n) is 3.81. The van der Waals surface area contributed by atoms with Crippen molar-refractivity contribution in [3.05, 3.63) is 24.3 Å². The van der Waals surface area contributed by atoms with Crippen LogP contribution in [0.3, 0.4) is 0 Å². The molecular weight excluding hydrogens is 168 g/mol. The molecule has 70 valence electrons. The monoisotopic (exact) mass is 186 g/mol. The zero-order chi connectivity index (χ0) is 9.61. The Kier molecular flexibility index (Phi) is 5.32. The van der Waals surface area contributed by atoms with Crippen LogP contribution >= 0.6 is 11.6 Å². The van der Waals surface area contributed by atoms with Gasteiger partial charge in [-0.25, -0.2) is 0 Å². The van der Waals surface area contributed by atoms with Crippen molar-refractivity contribution in [2.75, 3.05) is 0 Å². The van der Waals surface area contributed by atoms with E-state index >= 15 is 0 Å². The summed E-state index contributed by atoms with van der Waals surface area (Å²) in [6, 6.07) is 0. The normalized spacial score (nSPS) is 16.1. The van der Waals surface area contributed by atoms with Crippen molar-refractivity contribution in [3.8, 4) is 0 Å². The van der Waals surface area contributed by atoms with Crippen LogP contribution in [0.5, 0.6) is 0 Å². The highest BCUT2D eigenvalue weighted by atomic mass is 35.5. The number of allylic oxidation sites excluding steroid dienone is 4. The first kappa shape index (κ1) is 11.8.